The summed E-state index contributed by atoms with van der Waals surface area (Å²) in [6.07, 6.45) is 21.6. The second-order valence-corrected chi connectivity index (χ2v) is 35.0. The monoisotopic (exact) mass is 1130 g/mol. The third-order valence-electron chi connectivity index (χ3n) is 16.2. The highest BCUT2D eigenvalue weighted by molar-refractivity contribution is 9.10. The van der Waals surface area contributed by atoms with Gasteiger partial charge in [-0.05, 0) is 145 Å². The number of hydrogen-bond donors (Lipinski definition) is 0. The van der Waals surface area contributed by atoms with Gasteiger partial charge in [-0.3, -0.25) is 9.97 Å². The third kappa shape index (κ3) is 13.4. The van der Waals surface area contributed by atoms with E-state index in [-0.39, 0.29) is 10.8 Å². The molecule has 2 aliphatic rings. The van der Waals surface area contributed by atoms with E-state index >= 15 is 0 Å². The molecule has 6 aromatic carbocycles. The molecule has 0 amide bonds. The van der Waals surface area contributed by atoms with Crippen molar-refractivity contribution in [2.24, 2.45) is 0 Å². The lowest BCUT2D eigenvalue weighted by Crippen LogP contribution is -2.37. The average Bonchev–Trinajstić information content (AvgIpc) is 3.61. The summed E-state index contributed by atoms with van der Waals surface area (Å²) in [7, 11) is -2.39. The van der Waals surface area contributed by atoms with Gasteiger partial charge in [0.05, 0.1) is 16.1 Å². The van der Waals surface area contributed by atoms with Crippen LogP contribution in [0.25, 0.3) is 33.4 Å². The highest BCUT2D eigenvalue weighted by Gasteiger charge is 2.43. The molecule has 0 saturated carbocycles. The number of fused-ring (bicyclic) bond motifs is 4. The Morgan fingerprint density at radius 2 is 0.667 bits per heavy atom. The smallest absolute Gasteiger partial charge is 0.131 e. The molecule has 0 radical (unpaired) electrons. The first-order chi connectivity index (χ1) is 37.5. The second-order valence-electron chi connectivity index (χ2n) is 24.0. The molecule has 4 heterocycles. The van der Waals surface area contributed by atoms with Gasteiger partial charge in [-0.15, -0.1) is 0 Å². The zero-order chi connectivity index (χ0) is 55.5. The fourth-order valence-corrected chi connectivity index (χ4v) is 14.3. The van der Waals surface area contributed by atoms with Gasteiger partial charge in [0, 0.05) is 62.3 Å². The van der Waals surface area contributed by atoms with Crippen LogP contribution in [-0.2, 0) is 10.8 Å². The van der Waals surface area contributed by atoms with Crippen LogP contribution in [0.2, 0.25) is 39.3 Å². The molecule has 8 aromatic rings. The van der Waals surface area contributed by atoms with Crippen molar-refractivity contribution in [2.75, 3.05) is 0 Å². The second kappa shape index (κ2) is 25.9. The minimum absolute atomic E-state index is 0.0121. The molecule has 2 aliphatic heterocycles. The quantitative estimate of drug-likeness (QED) is 0.0853. The Labute approximate surface area is 479 Å². The number of pyridine rings is 2. The molecule has 406 valence electrons. The van der Waals surface area contributed by atoms with E-state index in [0.717, 1.165) is 53.2 Å². The van der Waals surface area contributed by atoms with Crippen LogP contribution in [0.15, 0.2) is 175 Å². The third-order valence-corrected chi connectivity index (χ3v) is 20.9. The fourth-order valence-electron chi connectivity index (χ4n) is 11.6. The average molecular weight is 1130 g/mol. The van der Waals surface area contributed by atoms with Crippen molar-refractivity contribution in [2.45, 2.75) is 162 Å². The molecule has 7 heteroatoms. The van der Waals surface area contributed by atoms with Gasteiger partial charge in [0.15, 0.2) is 0 Å². The summed E-state index contributed by atoms with van der Waals surface area (Å²) in [6, 6.07) is 53.4. The lowest BCUT2D eigenvalue weighted by atomic mass is 9.65. The molecule has 2 aromatic heterocycles. The number of rotatable bonds is 17. The van der Waals surface area contributed by atoms with Crippen molar-refractivity contribution in [1.29, 1.82) is 0 Å². The van der Waals surface area contributed by atoms with Crippen LogP contribution in [0.1, 0.15) is 133 Å². The van der Waals surface area contributed by atoms with Crippen molar-refractivity contribution < 1.29 is 9.47 Å². The first-order valence-electron chi connectivity index (χ1n) is 29.1. The zero-order valence-electron chi connectivity index (χ0n) is 48.7. The molecule has 0 saturated heterocycles. The first-order valence-corrected chi connectivity index (χ1v) is 36.9. The van der Waals surface area contributed by atoms with E-state index in [0.29, 0.717) is 0 Å². The maximum atomic E-state index is 6.63. The summed E-state index contributed by atoms with van der Waals surface area (Å²) in [5.41, 5.74) is 14.0. The van der Waals surface area contributed by atoms with Gasteiger partial charge in [-0.25, -0.2) is 0 Å². The zero-order valence-corrected chi connectivity index (χ0v) is 52.3. The number of hydrogen-bond acceptors (Lipinski definition) is 4. The molecular weight excluding hydrogens is 1050 g/mol. The summed E-state index contributed by atoms with van der Waals surface area (Å²) in [5, 5.41) is 3.04. The van der Waals surface area contributed by atoms with Crippen molar-refractivity contribution in [3.05, 3.63) is 203 Å². The van der Waals surface area contributed by atoms with Crippen LogP contribution < -0.4 is 19.8 Å². The Hall–Kier alpha value is -5.87. The highest BCUT2D eigenvalue weighted by Crippen LogP contribution is 2.56. The summed E-state index contributed by atoms with van der Waals surface area (Å²) in [6.45, 7) is 25.6. The van der Waals surface area contributed by atoms with Crippen molar-refractivity contribution in [3.8, 4) is 56.4 Å². The molecular formula is C71H85BrN2O2Si2. The number of halogens is 1. The summed E-state index contributed by atoms with van der Waals surface area (Å²) in [4.78, 5) is 8.41. The van der Waals surface area contributed by atoms with Crippen LogP contribution in [-0.4, -0.2) is 26.1 Å². The van der Waals surface area contributed by atoms with Gasteiger partial charge < -0.3 is 9.47 Å². The number of unbranched alkanes of at least 4 members (excludes halogenated alkanes) is 4. The minimum atomic E-state index is -1.33. The number of nitrogens with zero attached hydrogens (tertiary/aromatic N) is 2. The summed E-state index contributed by atoms with van der Waals surface area (Å²) >= 11 is 3.71. The standard InChI is InChI=1S/C35H41NOSi.C26H28BrNO.C10H16Si/c1-6-8-20-35(21-9-7-2)31-24-28(26-10-14-30(15-11-26)38(3,4)5)12-16-33(31)37-34-17-13-29(25-32(34)35)27-18-22-36-23-19-27;1-3-5-13-26(14-6-4-2)22-17-20(19-11-15-28-16-12-19)7-9-24(22)29-25-10-8-21(27)18-23(25)26;1-9-5-7-10(8-6-9)11(2,3)4/h10-19,22-25H,6-9,20-21H2,1-5H3;7-12,15-18H,3-6,13-14H2,1-2H3;5-8H,1-4H3. The predicted molar refractivity (Wildman–Crippen MR) is 342 cm³/mol. The van der Waals surface area contributed by atoms with Crippen molar-refractivity contribution in [1.82, 2.24) is 9.97 Å². The van der Waals surface area contributed by atoms with Gasteiger partial charge in [0.1, 0.15) is 23.0 Å². The molecule has 78 heavy (non-hydrogen) atoms. The number of aromatic nitrogens is 2. The largest absolute Gasteiger partial charge is 0.457 e. The van der Waals surface area contributed by atoms with Gasteiger partial charge in [-0.2, -0.15) is 0 Å². The van der Waals surface area contributed by atoms with Crippen LogP contribution in [0, 0.1) is 6.92 Å². The number of benzene rings is 6. The molecule has 0 aliphatic carbocycles. The van der Waals surface area contributed by atoms with E-state index in [1.54, 1.807) is 5.19 Å². The first kappa shape index (κ1) is 58.3. The Bertz CT molecular complexity index is 3200. The Balaban J connectivity index is 0.000000176. The normalized spacial score (nSPS) is 13.6. The maximum Gasteiger partial charge on any atom is 0.131 e. The van der Waals surface area contributed by atoms with Gasteiger partial charge in [-0.1, -0.05) is 217 Å². The highest BCUT2D eigenvalue weighted by atomic mass is 79.9. The van der Waals surface area contributed by atoms with Crippen LogP contribution in [0.4, 0.5) is 0 Å². The van der Waals surface area contributed by atoms with Gasteiger partial charge in [0.2, 0.25) is 0 Å². The molecule has 0 atom stereocenters. The predicted octanol–water partition coefficient (Wildman–Crippen LogP) is 20.6. The molecule has 10 rings (SSSR count). The van der Waals surface area contributed by atoms with Crippen LogP contribution in [0.3, 0.4) is 0 Å². The van der Waals surface area contributed by atoms with E-state index in [4.69, 9.17) is 9.47 Å². The molecule has 0 spiro atoms. The lowest BCUT2D eigenvalue weighted by Gasteiger charge is -2.41. The van der Waals surface area contributed by atoms with Crippen molar-refractivity contribution >= 4 is 42.5 Å². The van der Waals surface area contributed by atoms with Gasteiger partial charge in [0.25, 0.3) is 0 Å². The maximum absolute atomic E-state index is 6.63. The van der Waals surface area contributed by atoms with Gasteiger partial charge >= 0.3 is 0 Å². The van der Waals surface area contributed by atoms with E-state index in [9.17, 15) is 0 Å². The van der Waals surface area contributed by atoms with E-state index < -0.39 is 16.1 Å². The fraction of sp³-hybridized carbons (Fsp3) is 0.352. The summed E-state index contributed by atoms with van der Waals surface area (Å²) in [5.74, 6) is 4.04. The number of aryl methyl sites for hydroxylation is 1. The SMILES string of the molecule is CCCCC1(CCCC)c2cc(-c3ccncc3)ccc2Oc2ccc(-c3ccc([Si](C)(C)C)cc3)cc21.CCCCC1(CCCC)c2cc(Br)ccc2Oc2ccc(-c3ccncc3)cc21.Cc1ccc([Si](C)(C)C)cc1. The Kier molecular flexibility index (Phi) is 19.4. The van der Waals surface area contributed by atoms with Crippen LogP contribution >= 0.6 is 15.9 Å². The van der Waals surface area contributed by atoms with E-state index in [1.807, 2.05) is 24.8 Å². The van der Waals surface area contributed by atoms with Crippen LogP contribution in [0.5, 0.6) is 23.0 Å². The Morgan fingerprint density at radius 1 is 0.372 bits per heavy atom. The lowest BCUT2D eigenvalue weighted by molar-refractivity contribution is 0.343. The van der Waals surface area contributed by atoms with Crippen molar-refractivity contribution in [3.63, 3.8) is 0 Å². The molecule has 0 bridgehead atoms. The molecule has 0 unspecified atom stereocenters. The minimum Gasteiger partial charge on any atom is -0.457 e. The molecule has 4 nitrogen and oxygen atoms in total. The number of ether oxygens (including phenoxy) is 2. The summed E-state index contributed by atoms with van der Waals surface area (Å²) < 4.78 is 14.2. The topological polar surface area (TPSA) is 44.2 Å². The van der Waals surface area contributed by atoms with E-state index in [2.05, 4.69) is 245 Å². The molecule has 0 N–H and O–H groups in total. The van der Waals surface area contributed by atoms with E-state index in [1.165, 1.54) is 118 Å². The molecule has 0 fully saturated rings. The Morgan fingerprint density at radius 3 is 1.00 bits per heavy atom.